The van der Waals surface area contributed by atoms with Crippen LogP contribution in [0.15, 0.2) is 36.5 Å². The van der Waals surface area contributed by atoms with Crippen molar-refractivity contribution in [3.8, 4) is 0 Å². The topological polar surface area (TPSA) is 63.8 Å². The van der Waals surface area contributed by atoms with Crippen LogP contribution in [0.4, 0.5) is 10.2 Å². The maximum absolute atomic E-state index is 12.8. The van der Waals surface area contributed by atoms with E-state index in [1.807, 2.05) is 0 Å². The fourth-order valence-corrected chi connectivity index (χ4v) is 1.80. The van der Waals surface area contributed by atoms with Crippen molar-refractivity contribution in [1.82, 2.24) is 10.2 Å². The Morgan fingerprint density at radius 2 is 2.00 bits per heavy atom. The number of nitrogens with zero attached hydrogens (tertiary/aromatic N) is 2. The van der Waals surface area contributed by atoms with Crippen LogP contribution < -0.4 is 11.1 Å². The summed E-state index contributed by atoms with van der Waals surface area (Å²) in [5.41, 5.74) is 7.30. The average molecular weight is 276 g/mol. The molecule has 98 valence electrons. The van der Waals surface area contributed by atoms with Crippen molar-refractivity contribution in [2.45, 2.75) is 6.42 Å². The highest BCUT2D eigenvalue weighted by molar-refractivity contribution is 7.80. The van der Waals surface area contributed by atoms with Crippen molar-refractivity contribution in [3.05, 3.63) is 53.5 Å². The van der Waals surface area contributed by atoms with Crippen LogP contribution in [0.2, 0.25) is 0 Å². The number of nitrogens with one attached hydrogen (secondary N) is 1. The fourth-order valence-electron chi connectivity index (χ4n) is 1.64. The van der Waals surface area contributed by atoms with Gasteiger partial charge in [-0.2, -0.15) is 5.10 Å². The van der Waals surface area contributed by atoms with Crippen molar-refractivity contribution in [2.24, 2.45) is 5.73 Å². The van der Waals surface area contributed by atoms with Gasteiger partial charge < -0.3 is 11.1 Å². The molecule has 6 heteroatoms. The van der Waals surface area contributed by atoms with Crippen molar-refractivity contribution in [1.29, 1.82) is 0 Å². The molecule has 0 aliphatic rings. The van der Waals surface area contributed by atoms with Gasteiger partial charge >= 0.3 is 0 Å². The van der Waals surface area contributed by atoms with Gasteiger partial charge in [0.15, 0.2) is 5.82 Å². The highest BCUT2D eigenvalue weighted by Crippen LogP contribution is 2.10. The monoisotopic (exact) mass is 276 g/mol. The first-order chi connectivity index (χ1) is 9.16. The van der Waals surface area contributed by atoms with Gasteiger partial charge in [0.05, 0.1) is 11.8 Å². The third-order valence-corrected chi connectivity index (χ3v) is 2.83. The molecule has 0 saturated carbocycles. The Kier molecular flexibility index (Phi) is 4.35. The lowest BCUT2D eigenvalue weighted by atomic mass is 10.1. The Bertz CT molecular complexity index is 571. The van der Waals surface area contributed by atoms with E-state index in [1.54, 1.807) is 24.4 Å². The van der Waals surface area contributed by atoms with E-state index < -0.39 is 0 Å². The third kappa shape index (κ3) is 3.69. The molecule has 0 atom stereocenters. The SMILES string of the molecule is NC(=S)c1ccnnc1NCCc1ccc(F)cc1. The fraction of sp³-hybridized carbons (Fsp3) is 0.154. The van der Waals surface area contributed by atoms with Gasteiger partial charge in [-0.05, 0) is 30.2 Å². The van der Waals surface area contributed by atoms with Crippen LogP contribution in [0.3, 0.4) is 0 Å². The average Bonchev–Trinajstić information content (AvgIpc) is 2.41. The molecular weight excluding hydrogens is 263 g/mol. The second kappa shape index (κ2) is 6.19. The lowest BCUT2D eigenvalue weighted by Crippen LogP contribution is -2.16. The van der Waals surface area contributed by atoms with E-state index in [0.29, 0.717) is 17.9 Å². The Morgan fingerprint density at radius 3 is 2.68 bits per heavy atom. The summed E-state index contributed by atoms with van der Waals surface area (Å²) in [6.07, 6.45) is 2.28. The van der Waals surface area contributed by atoms with Gasteiger partial charge in [0.2, 0.25) is 0 Å². The molecule has 2 aromatic rings. The first kappa shape index (κ1) is 13.4. The van der Waals surface area contributed by atoms with Gasteiger partial charge in [-0.25, -0.2) is 4.39 Å². The first-order valence-corrected chi connectivity index (χ1v) is 6.17. The van der Waals surface area contributed by atoms with Crippen molar-refractivity contribution < 1.29 is 4.39 Å². The molecule has 2 rings (SSSR count). The van der Waals surface area contributed by atoms with E-state index in [1.165, 1.54) is 12.1 Å². The molecule has 0 amide bonds. The number of nitrogens with two attached hydrogens (primary N) is 1. The summed E-state index contributed by atoms with van der Waals surface area (Å²) >= 11 is 4.94. The minimum atomic E-state index is -0.235. The zero-order chi connectivity index (χ0) is 13.7. The Hall–Kier alpha value is -2.08. The van der Waals surface area contributed by atoms with Crippen molar-refractivity contribution in [2.75, 3.05) is 11.9 Å². The van der Waals surface area contributed by atoms with E-state index in [-0.39, 0.29) is 10.8 Å². The molecule has 1 aromatic heterocycles. The predicted octanol–water partition coefficient (Wildman–Crippen LogP) is 1.90. The van der Waals surface area contributed by atoms with Crippen LogP contribution in [0.1, 0.15) is 11.1 Å². The summed E-state index contributed by atoms with van der Waals surface area (Å²) in [5, 5.41) is 10.9. The number of aromatic nitrogens is 2. The zero-order valence-electron chi connectivity index (χ0n) is 10.1. The molecule has 0 radical (unpaired) electrons. The highest BCUT2D eigenvalue weighted by Gasteiger charge is 2.05. The number of rotatable bonds is 5. The molecule has 4 nitrogen and oxygen atoms in total. The summed E-state index contributed by atoms with van der Waals surface area (Å²) in [7, 11) is 0. The number of anilines is 1. The molecule has 1 aromatic carbocycles. The molecule has 0 unspecified atom stereocenters. The second-order valence-electron chi connectivity index (χ2n) is 3.96. The lowest BCUT2D eigenvalue weighted by Gasteiger charge is -2.08. The number of benzene rings is 1. The second-order valence-corrected chi connectivity index (χ2v) is 4.40. The molecule has 0 spiro atoms. The van der Waals surface area contributed by atoms with E-state index in [4.69, 9.17) is 18.0 Å². The quantitative estimate of drug-likeness (QED) is 0.817. The number of thiocarbonyl (C=S) groups is 1. The minimum Gasteiger partial charge on any atom is -0.389 e. The maximum atomic E-state index is 12.8. The summed E-state index contributed by atoms with van der Waals surface area (Å²) in [6.45, 7) is 0.639. The summed E-state index contributed by atoms with van der Waals surface area (Å²) < 4.78 is 12.8. The Labute approximate surface area is 115 Å². The molecule has 19 heavy (non-hydrogen) atoms. The van der Waals surface area contributed by atoms with Gasteiger partial charge in [0, 0.05) is 6.54 Å². The van der Waals surface area contributed by atoms with Crippen LogP contribution >= 0.6 is 12.2 Å². The van der Waals surface area contributed by atoms with Crippen LogP contribution in [0.25, 0.3) is 0 Å². The predicted molar refractivity (Wildman–Crippen MR) is 76.5 cm³/mol. The standard InChI is InChI=1S/C13H13FN4S/c14-10-3-1-9(2-4-10)5-7-16-13-11(12(15)19)6-8-17-18-13/h1-4,6,8H,5,7H2,(H2,15,19)(H,16,18). The molecule has 0 fully saturated rings. The van der Waals surface area contributed by atoms with E-state index in [0.717, 1.165) is 12.0 Å². The number of halogens is 1. The summed E-state index contributed by atoms with van der Waals surface area (Å²) in [5.74, 6) is 0.332. The minimum absolute atomic E-state index is 0.235. The smallest absolute Gasteiger partial charge is 0.158 e. The number of hydrogen-bond donors (Lipinski definition) is 2. The first-order valence-electron chi connectivity index (χ1n) is 5.76. The molecule has 1 heterocycles. The van der Waals surface area contributed by atoms with E-state index >= 15 is 0 Å². The molecule has 0 bridgehead atoms. The number of hydrogen-bond acceptors (Lipinski definition) is 4. The molecule has 0 aliphatic carbocycles. The van der Waals surface area contributed by atoms with Gasteiger partial charge in [0.25, 0.3) is 0 Å². The zero-order valence-corrected chi connectivity index (χ0v) is 11.0. The van der Waals surface area contributed by atoms with Crippen molar-refractivity contribution >= 4 is 23.0 Å². The van der Waals surface area contributed by atoms with Crippen LogP contribution in [-0.2, 0) is 6.42 Å². The maximum Gasteiger partial charge on any atom is 0.158 e. The molecule has 0 aliphatic heterocycles. The van der Waals surface area contributed by atoms with Gasteiger partial charge in [-0.1, -0.05) is 24.4 Å². The Morgan fingerprint density at radius 1 is 1.26 bits per heavy atom. The largest absolute Gasteiger partial charge is 0.389 e. The summed E-state index contributed by atoms with van der Waals surface area (Å²) in [4.78, 5) is 0.277. The molecule has 0 saturated heterocycles. The molecular formula is C13H13FN4S. The highest BCUT2D eigenvalue weighted by atomic mass is 32.1. The van der Waals surface area contributed by atoms with Crippen LogP contribution in [-0.4, -0.2) is 21.7 Å². The normalized spacial score (nSPS) is 10.2. The van der Waals surface area contributed by atoms with E-state index in [2.05, 4.69) is 15.5 Å². The van der Waals surface area contributed by atoms with E-state index in [9.17, 15) is 4.39 Å². The van der Waals surface area contributed by atoms with Crippen molar-refractivity contribution in [3.63, 3.8) is 0 Å². The van der Waals surface area contributed by atoms with Crippen LogP contribution in [0.5, 0.6) is 0 Å². The van der Waals surface area contributed by atoms with Gasteiger partial charge in [-0.15, -0.1) is 5.10 Å². The third-order valence-electron chi connectivity index (χ3n) is 2.61. The lowest BCUT2D eigenvalue weighted by molar-refractivity contribution is 0.627. The van der Waals surface area contributed by atoms with Gasteiger partial charge in [-0.3, -0.25) is 0 Å². The van der Waals surface area contributed by atoms with Crippen LogP contribution in [0, 0.1) is 5.82 Å². The Balaban J connectivity index is 1.96. The molecule has 3 N–H and O–H groups in total. The summed E-state index contributed by atoms with van der Waals surface area (Å²) in [6, 6.07) is 8.11. The van der Waals surface area contributed by atoms with Gasteiger partial charge in [0.1, 0.15) is 10.8 Å².